The molecule has 6 nitrogen and oxygen atoms in total. The Kier molecular flexibility index (Phi) is 3.84. The van der Waals surface area contributed by atoms with Crippen molar-refractivity contribution in [3.8, 4) is 11.5 Å². The predicted octanol–water partition coefficient (Wildman–Crippen LogP) is 2.36. The number of carbonyl (C=O) groups excluding carboxylic acids is 1. The molecule has 0 spiro atoms. The molecule has 0 aliphatic carbocycles. The molecule has 2 aromatic rings. The zero-order valence-corrected chi connectivity index (χ0v) is 14.1. The fourth-order valence-corrected chi connectivity index (χ4v) is 3.48. The number of aryl methyl sites for hydroxylation is 2. The summed E-state index contributed by atoms with van der Waals surface area (Å²) in [6.45, 7) is 3.64. The summed E-state index contributed by atoms with van der Waals surface area (Å²) in [4.78, 5) is 17.1. The third-order valence-electron chi connectivity index (χ3n) is 4.31. The van der Waals surface area contributed by atoms with Crippen LogP contribution in [0.2, 0.25) is 5.02 Å². The lowest BCUT2D eigenvalue weighted by molar-refractivity contribution is 0.0926. The first-order chi connectivity index (χ1) is 11.6. The molecule has 1 N–H and O–H groups in total. The molecule has 126 valence electrons. The molecule has 3 heterocycles. The minimum atomic E-state index is -0.154. The van der Waals surface area contributed by atoms with Gasteiger partial charge < -0.3 is 19.4 Å². The number of rotatable bonds is 2. The van der Waals surface area contributed by atoms with Crippen molar-refractivity contribution < 1.29 is 14.3 Å². The highest BCUT2D eigenvalue weighted by molar-refractivity contribution is 6.32. The van der Waals surface area contributed by atoms with E-state index >= 15 is 0 Å². The molecule has 0 bridgehead atoms. The zero-order chi connectivity index (χ0) is 16.7. The van der Waals surface area contributed by atoms with Gasteiger partial charge in [-0.25, -0.2) is 4.98 Å². The van der Waals surface area contributed by atoms with Gasteiger partial charge >= 0.3 is 0 Å². The molecule has 0 saturated carbocycles. The van der Waals surface area contributed by atoms with Crippen molar-refractivity contribution in [1.29, 1.82) is 0 Å². The summed E-state index contributed by atoms with van der Waals surface area (Å²) in [5.41, 5.74) is 1.49. The smallest absolute Gasteiger partial charge is 0.251 e. The first-order valence-electron chi connectivity index (χ1n) is 8.03. The minimum Gasteiger partial charge on any atom is -0.486 e. The van der Waals surface area contributed by atoms with E-state index in [4.69, 9.17) is 21.1 Å². The van der Waals surface area contributed by atoms with Gasteiger partial charge in [-0.15, -0.1) is 0 Å². The number of hydrogen-bond acceptors (Lipinski definition) is 4. The lowest BCUT2D eigenvalue weighted by Gasteiger charge is -2.25. The van der Waals surface area contributed by atoms with Gasteiger partial charge in [-0.2, -0.15) is 0 Å². The number of carbonyl (C=O) groups is 1. The number of hydrogen-bond donors (Lipinski definition) is 1. The molecule has 2 aliphatic rings. The lowest BCUT2D eigenvalue weighted by atomic mass is 10.1. The van der Waals surface area contributed by atoms with Gasteiger partial charge in [0.2, 0.25) is 0 Å². The van der Waals surface area contributed by atoms with Crippen LogP contribution < -0.4 is 14.8 Å². The summed E-state index contributed by atoms with van der Waals surface area (Å²) in [7, 11) is 0. The Labute approximate surface area is 144 Å². The van der Waals surface area contributed by atoms with Crippen LogP contribution in [0.4, 0.5) is 0 Å². The minimum absolute atomic E-state index is 0.0746. The van der Waals surface area contributed by atoms with Gasteiger partial charge in [-0.1, -0.05) is 11.6 Å². The van der Waals surface area contributed by atoms with E-state index in [1.54, 1.807) is 12.1 Å². The van der Waals surface area contributed by atoms with Crippen molar-refractivity contribution in [1.82, 2.24) is 14.9 Å². The van der Waals surface area contributed by atoms with Crippen LogP contribution in [0.1, 0.15) is 28.3 Å². The van der Waals surface area contributed by atoms with E-state index in [1.807, 2.05) is 13.1 Å². The average molecular weight is 348 g/mol. The number of imidazole rings is 1. The van der Waals surface area contributed by atoms with Gasteiger partial charge in [0.1, 0.15) is 19.0 Å². The molecule has 7 heteroatoms. The quantitative estimate of drug-likeness (QED) is 0.905. The maximum Gasteiger partial charge on any atom is 0.251 e. The number of aromatic nitrogens is 2. The van der Waals surface area contributed by atoms with Crippen LogP contribution in [-0.2, 0) is 13.0 Å². The Hall–Kier alpha value is -2.21. The van der Waals surface area contributed by atoms with Crippen LogP contribution in [-0.4, -0.2) is 34.7 Å². The van der Waals surface area contributed by atoms with E-state index in [0.29, 0.717) is 35.3 Å². The Morgan fingerprint density at radius 3 is 3.08 bits per heavy atom. The summed E-state index contributed by atoms with van der Waals surface area (Å²) >= 11 is 6.21. The Balaban J connectivity index is 1.50. The van der Waals surface area contributed by atoms with Crippen LogP contribution in [0, 0.1) is 6.92 Å². The monoisotopic (exact) mass is 347 g/mol. The van der Waals surface area contributed by atoms with Gasteiger partial charge in [-0.05, 0) is 25.5 Å². The third-order valence-corrected chi connectivity index (χ3v) is 4.59. The normalized spacial score (nSPS) is 18.8. The van der Waals surface area contributed by atoms with Crippen molar-refractivity contribution in [2.24, 2.45) is 0 Å². The van der Waals surface area contributed by atoms with E-state index in [1.165, 1.54) is 0 Å². The number of benzene rings is 1. The first kappa shape index (κ1) is 15.3. The maximum atomic E-state index is 12.6. The summed E-state index contributed by atoms with van der Waals surface area (Å²) < 4.78 is 13.1. The van der Waals surface area contributed by atoms with Gasteiger partial charge in [0.05, 0.1) is 10.7 Å². The maximum absolute atomic E-state index is 12.6. The molecule has 4 rings (SSSR count). The molecule has 0 radical (unpaired) electrons. The second-order valence-electron chi connectivity index (χ2n) is 6.14. The average Bonchev–Trinajstić information content (AvgIpc) is 2.94. The van der Waals surface area contributed by atoms with E-state index in [2.05, 4.69) is 14.9 Å². The Morgan fingerprint density at radius 2 is 2.21 bits per heavy atom. The third kappa shape index (κ3) is 2.82. The fourth-order valence-electron chi connectivity index (χ4n) is 3.21. The van der Waals surface area contributed by atoms with Crippen LogP contribution in [0.3, 0.4) is 0 Å². The molecule has 24 heavy (non-hydrogen) atoms. The number of amides is 1. The molecule has 1 aromatic heterocycles. The highest BCUT2D eigenvalue weighted by Gasteiger charge is 2.24. The molecule has 1 atom stereocenters. The molecule has 1 amide bonds. The molecule has 0 unspecified atom stereocenters. The summed E-state index contributed by atoms with van der Waals surface area (Å²) in [5.74, 6) is 1.96. The second kappa shape index (κ2) is 6.02. The Morgan fingerprint density at radius 1 is 1.38 bits per heavy atom. The first-order valence-corrected chi connectivity index (χ1v) is 8.40. The zero-order valence-electron chi connectivity index (χ0n) is 13.3. The number of ether oxygens (including phenoxy) is 2. The standard InChI is InChI=1S/C17H18ClN3O3/c1-10-8-21-9-12(2-3-15(21)19-10)20-17(22)11-6-13(18)16-14(7-11)23-4-5-24-16/h6-8,12H,2-5,9H2,1H3,(H,20,22)/t12-/m0/s1. The van der Waals surface area contributed by atoms with E-state index < -0.39 is 0 Å². The van der Waals surface area contributed by atoms with Crippen LogP contribution in [0.15, 0.2) is 18.3 Å². The highest BCUT2D eigenvalue weighted by atomic mass is 35.5. The predicted molar refractivity (Wildman–Crippen MR) is 89.0 cm³/mol. The highest BCUT2D eigenvalue weighted by Crippen LogP contribution is 2.38. The SMILES string of the molecule is Cc1cn2c(n1)CC[C@H](NC(=O)c1cc(Cl)c3c(c1)OCCO3)C2. The molecular formula is C17H18ClN3O3. The molecular weight excluding hydrogens is 330 g/mol. The number of nitrogens with zero attached hydrogens (tertiary/aromatic N) is 2. The molecule has 0 fully saturated rings. The molecule has 2 aliphatic heterocycles. The van der Waals surface area contributed by atoms with E-state index in [9.17, 15) is 4.79 Å². The Bertz CT molecular complexity index is 803. The molecule has 1 aromatic carbocycles. The summed E-state index contributed by atoms with van der Waals surface area (Å²) in [6.07, 6.45) is 3.76. The summed E-state index contributed by atoms with van der Waals surface area (Å²) in [6, 6.07) is 3.39. The van der Waals surface area contributed by atoms with Gasteiger partial charge in [0.15, 0.2) is 11.5 Å². The van der Waals surface area contributed by atoms with Crippen molar-refractivity contribution in [2.45, 2.75) is 32.4 Å². The van der Waals surface area contributed by atoms with Gasteiger partial charge in [0.25, 0.3) is 5.91 Å². The lowest BCUT2D eigenvalue weighted by Crippen LogP contribution is -2.40. The van der Waals surface area contributed by atoms with Crippen LogP contribution in [0.25, 0.3) is 0 Å². The van der Waals surface area contributed by atoms with Crippen molar-refractivity contribution in [2.75, 3.05) is 13.2 Å². The second-order valence-corrected chi connectivity index (χ2v) is 6.55. The van der Waals surface area contributed by atoms with Crippen molar-refractivity contribution >= 4 is 17.5 Å². The van der Waals surface area contributed by atoms with Crippen molar-refractivity contribution in [3.63, 3.8) is 0 Å². The van der Waals surface area contributed by atoms with E-state index in [0.717, 1.165) is 30.9 Å². The number of halogens is 1. The van der Waals surface area contributed by atoms with Crippen LogP contribution in [0.5, 0.6) is 11.5 Å². The van der Waals surface area contributed by atoms with Gasteiger partial charge in [0, 0.05) is 30.8 Å². The van der Waals surface area contributed by atoms with Gasteiger partial charge in [-0.3, -0.25) is 4.79 Å². The van der Waals surface area contributed by atoms with Crippen molar-refractivity contribution in [3.05, 3.63) is 40.4 Å². The topological polar surface area (TPSA) is 65.4 Å². The number of fused-ring (bicyclic) bond motifs is 2. The summed E-state index contributed by atoms with van der Waals surface area (Å²) in [5, 5.41) is 3.47. The van der Waals surface area contributed by atoms with E-state index in [-0.39, 0.29) is 11.9 Å². The number of nitrogens with one attached hydrogen (secondary N) is 1. The largest absolute Gasteiger partial charge is 0.486 e. The molecule has 0 saturated heterocycles. The van der Waals surface area contributed by atoms with Crippen LogP contribution >= 0.6 is 11.6 Å². The fraction of sp³-hybridized carbons (Fsp3) is 0.412.